The second-order valence-corrected chi connectivity index (χ2v) is 6.54. The van der Waals surface area contributed by atoms with Gasteiger partial charge in [0.15, 0.2) is 5.78 Å². The van der Waals surface area contributed by atoms with Gasteiger partial charge in [0.1, 0.15) is 11.2 Å². The number of hydrogen-bond donors (Lipinski definition) is 0. The Morgan fingerprint density at radius 3 is 1.88 bits per heavy atom. The third-order valence-electron chi connectivity index (χ3n) is 1.62. The fraction of sp³-hybridized carbons (Fsp3) is 0.692. The van der Waals surface area contributed by atoms with Gasteiger partial charge in [-0.25, -0.2) is 4.79 Å². The number of carbonyl (C=O) groups excluding carboxylic acids is 2. The molecule has 0 saturated carbocycles. The number of esters is 1. The first-order valence-corrected chi connectivity index (χ1v) is 6.64. The maximum absolute atomic E-state index is 11.9. The van der Waals surface area contributed by atoms with Crippen LogP contribution in [0.5, 0.6) is 0 Å². The van der Waals surface area contributed by atoms with Crippen LogP contribution in [-0.4, -0.2) is 22.7 Å². The summed E-state index contributed by atoms with van der Waals surface area (Å²) in [6, 6.07) is 0. The molecule has 0 radical (unpaired) electrons. The van der Waals surface area contributed by atoms with Crippen LogP contribution in [-0.2, 0) is 14.3 Å². The Balaban J connectivity index is 5.16. The molecule has 0 unspecified atom stereocenters. The Labute approximate surface area is 112 Å². The van der Waals surface area contributed by atoms with Crippen LogP contribution in [0.15, 0.2) is 11.6 Å². The van der Waals surface area contributed by atoms with Crippen molar-refractivity contribution in [3.05, 3.63) is 11.6 Å². The monoisotopic (exact) mass is 304 g/mol. The van der Waals surface area contributed by atoms with Gasteiger partial charge < -0.3 is 4.74 Å². The number of rotatable bonds is 3. The lowest BCUT2D eigenvalue weighted by Crippen LogP contribution is -2.28. The number of carbonyl (C=O) groups is 2. The van der Waals surface area contributed by atoms with Gasteiger partial charge in [-0.2, -0.15) is 0 Å². The lowest BCUT2D eigenvalue weighted by molar-refractivity contribution is -0.150. The quantitative estimate of drug-likeness (QED) is 0.264. The van der Waals surface area contributed by atoms with Gasteiger partial charge in [0.05, 0.1) is 5.33 Å². The highest BCUT2D eigenvalue weighted by molar-refractivity contribution is 9.09. The van der Waals surface area contributed by atoms with Crippen LogP contribution in [0.3, 0.4) is 0 Å². The summed E-state index contributed by atoms with van der Waals surface area (Å²) in [5.74, 6) is -0.814. The molecule has 0 bridgehead atoms. The second kappa shape index (κ2) is 5.80. The number of ketones is 1. The highest BCUT2D eigenvalue weighted by atomic mass is 79.9. The van der Waals surface area contributed by atoms with E-state index in [1.54, 1.807) is 26.8 Å². The summed E-state index contributed by atoms with van der Waals surface area (Å²) in [5.41, 5.74) is -0.727. The van der Waals surface area contributed by atoms with Crippen molar-refractivity contribution in [1.29, 1.82) is 0 Å². The highest BCUT2D eigenvalue weighted by Crippen LogP contribution is 2.21. The number of hydrogen-bond acceptors (Lipinski definition) is 3. The molecule has 0 atom stereocenters. The van der Waals surface area contributed by atoms with Crippen molar-refractivity contribution < 1.29 is 14.3 Å². The van der Waals surface area contributed by atoms with Crippen LogP contribution < -0.4 is 0 Å². The number of Topliss-reactive ketones (excluding diaryl/α,β-unsaturated/α-hetero) is 1. The summed E-state index contributed by atoms with van der Waals surface area (Å²) < 4.78 is 5.22. The molecular formula is C13H21BrO3. The number of halogens is 1. The molecule has 0 aliphatic rings. The fourth-order valence-corrected chi connectivity index (χ4v) is 1.39. The first-order valence-electron chi connectivity index (χ1n) is 5.51. The number of alkyl halides is 1. The van der Waals surface area contributed by atoms with Crippen molar-refractivity contribution in [1.82, 2.24) is 0 Å². The van der Waals surface area contributed by atoms with Crippen molar-refractivity contribution in [2.45, 2.75) is 47.1 Å². The average molecular weight is 305 g/mol. The van der Waals surface area contributed by atoms with Gasteiger partial charge in [-0.15, -0.1) is 0 Å². The molecule has 0 spiro atoms. The SMILES string of the molecule is CC(C)(C)/C=C(/C(=O)CBr)C(=O)OC(C)(C)C. The van der Waals surface area contributed by atoms with Crippen LogP contribution in [0.25, 0.3) is 0 Å². The summed E-state index contributed by atoms with van der Waals surface area (Å²) in [5, 5.41) is 0.119. The third-order valence-corrected chi connectivity index (χ3v) is 2.13. The Morgan fingerprint density at radius 2 is 1.59 bits per heavy atom. The second-order valence-electron chi connectivity index (χ2n) is 5.98. The van der Waals surface area contributed by atoms with Gasteiger partial charge >= 0.3 is 5.97 Å². The topological polar surface area (TPSA) is 43.4 Å². The average Bonchev–Trinajstić information content (AvgIpc) is 2.08. The molecule has 0 aromatic rings. The molecule has 0 rings (SSSR count). The largest absolute Gasteiger partial charge is 0.456 e. The van der Waals surface area contributed by atoms with E-state index in [4.69, 9.17) is 4.74 Å². The van der Waals surface area contributed by atoms with E-state index in [1.807, 2.05) is 20.8 Å². The molecule has 0 aliphatic carbocycles. The highest BCUT2D eigenvalue weighted by Gasteiger charge is 2.25. The molecule has 0 heterocycles. The predicted molar refractivity (Wildman–Crippen MR) is 72.2 cm³/mol. The van der Waals surface area contributed by atoms with E-state index >= 15 is 0 Å². The van der Waals surface area contributed by atoms with Crippen LogP contribution in [0, 0.1) is 5.41 Å². The van der Waals surface area contributed by atoms with Gasteiger partial charge in [0.2, 0.25) is 0 Å². The predicted octanol–water partition coefficient (Wildman–Crippen LogP) is 3.26. The summed E-state index contributed by atoms with van der Waals surface area (Å²) in [4.78, 5) is 23.6. The maximum Gasteiger partial charge on any atom is 0.342 e. The molecule has 0 amide bonds. The molecule has 4 heteroatoms. The van der Waals surface area contributed by atoms with Gasteiger partial charge in [-0.1, -0.05) is 42.8 Å². The van der Waals surface area contributed by atoms with E-state index in [0.29, 0.717) is 0 Å². The molecule has 0 fully saturated rings. The molecule has 98 valence electrons. The number of ether oxygens (including phenoxy) is 1. The van der Waals surface area contributed by atoms with Crippen LogP contribution in [0.4, 0.5) is 0 Å². The van der Waals surface area contributed by atoms with Crippen molar-refractivity contribution >= 4 is 27.7 Å². The van der Waals surface area contributed by atoms with Crippen molar-refractivity contribution in [2.75, 3.05) is 5.33 Å². The molecule has 0 saturated heterocycles. The van der Waals surface area contributed by atoms with Crippen molar-refractivity contribution in [3.63, 3.8) is 0 Å². The first-order chi connectivity index (χ1) is 7.46. The minimum atomic E-state index is -0.597. The van der Waals surface area contributed by atoms with Crippen molar-refractivity contribution in [3.8, 4) is 0 Å². The van der Waals surface area contributed by atoms with E-state index in [1.165, 1.54) is 0 Å². The normalized spacial score (nSPS) is 13.5. The summed E-state index contributed by atoms with van der Waals surface area (Å²) in [6.07, 6.45) is 1.66. The van der Waals surface area contributed by atoms with E-state index in [0.717, 1.165) is 0 Å². The van der Waals surface area contributed by atoms with Crippen LogP contribution >= 0.6 is 15.9 Å². The lowest BCUT2D eigenvalue weighted by Gasteiger charge is -2.21. The Bertz CT molecular complexity index is 330. The van der Waals surface area contributed by atoms with E-state index in [2.05, 4.69) is 15.9 Å². The number of allylic oxidation sites excluding steroid dienone is 1. The fourth-order valence-electron chi connectivity index (χ4n) is 1.09. The van der Waals surface area contributed by atoms with Gasteiger partial charge in [0.25, 0.3) is 0 Å². The zero-order valence-electron chi connectivity index (χ0n) is 11.4. The van der Waals surface area contributed by atoms with Crippen LogP contribution in [0.1, 0.15) is 41.5 Å². The molecule has 17 heavy (non-hydrogen) atoms. The third kappa shape index (κ3) is 7.31. The smallest absolute Gasteiger partial charge is 0.342 e. The van der Waals surface area contributed by atoms with E-state index in [9.17, 15) is 9.59 Å². The summed E-state index contributed by atoms with van der Waals surface area (Å²) >= 11 is 3.07. The summed E-state index contributed by atoms with van der Waals surface area (Å²) in [6.45, 7) is 11.1. The van der Waals surface area contributed by atoms with Crippen LogP contribution in [0.2, 0.25) is 0 Å². The molecular weight excluding hydrogens is 284 g/mol. The zero-order valence-corrected chi connectivity index (χ0v) is 13.0. The molecule has 0 aromatic carbocycles. The van der Waals surface area contributed by atoms with Gasteiger partial charge in [0, 0.05) is 0 Å². The van der Waals surface area contributed by atoms with Gasteiger partial charge in [-0.3, -0.25) is 4.79 Å². The minimum Gasteiger partial charge on any atom is -0.456 e. The zero-order chi connectivity index (χ0) is 13.9. The first kappa shape index (κ1) is 16.4. The summed E-state index contributed by atoms with van der Waals surface area (Å²) in [7, 11) is 0. The van der Waals surface area contributed by atoms with Gasteiger partial charge in [-0.05, 0) is 26.2 Å². The standard InChI is InChI=1S/C13H21BrO3/c1-12(2,3)7-9(10(15)8-14)11(16)17-13(4,5)6/h7H,8H2,1-6H3/b9-7-. The Morgan fingerprint density at radius 1 is 1.12 bits per heavy atom. The Hall–Kier alpha value is -0.640. The molecule has 0 N–H and O–H groups in total. The van der Waals surface area contributed by atoms with E-state index < -0.39 is 11.6 Å². The maximum atomic E-state index is 11.9. The molecule has 3 nitrogen and oxygen atoms in total. The molecule has 0 aromatic heterocycles. The lowest BCUT2D eigenvalue weighted by atomic mass is 9.92. The Kier molecular flexibility index (Phi) is 5.59. The van der Waals surface area contributed by atoms with E-state index in [-0.39, 0.29) is 22.1 Å². The molecule has 0 aliphatic heterocycles. The van der Waals surface area contributed by atoms with Crippen molar-refractivity contribution in [2.24, 2.45) is 5.41 Å². The minimum absolute atomic E-state index is 0.115.